The van der Waals surface area contributed by atoms with E-state index in [0.717, 1.165) is 11.1 Å². The predicted octanol–water partition coefficient (Wildman–Crippen LogP) is 2.18. The Bertz CT molecular complexity index is 1020. The van der Waals surface area contributed by atoms with Crippen LogP contribution in [0.2, 0.25) is 0 Å². The Morgan fingerprint density at radius 1 is 1.03 bits per heavy atom. The van der Waals surface area contributed by atoms with E-state index >= 15 is 0 Å². The van der Waals surface area contributed by atoms with Crippen LogP contribution in [-0.2, 0) is 14.6 Å². The van der Waals surface area contributed by atoms with Gasteiger partial charge in [0.25, 0.3) is 5.91 Å². The summed E-state index contributed by atoms with van der Waals surface area (Å²) in [5, 5.41) is 2.50. The number of carbonyl (C=O) groups is 2. The Morgan fingerprint density at radius 2 is 1.62 bits per heavy atom. The fraction of sp³-hybridized carbons (Fsp3) is 0.333. The van der Waals surface area contributed by atoms with E-state index in [1.165, 1.54) is 24.0 Å². The summed E-state index contributed by atoms with van der Waals surface area (Å²) in [5.41, 5.74) is 2.43. The van der Waals surface area contributed by atoms with Gasteiger partial charge in [-0.25, -0.2) is 12.8 Å². The molecule has 0 saturated carbocycles. The van der Waals surface area contributed by atoms with Crippen LogP contribution in [-0.4, -0.2) is 55.8 Å². The molecule has 1 aliphatic rings. The number of nitrogens with zero attached hydrogens (tertiary/aromatic N) is 1. The molecule has 1 aliphatic heterocycles. The highest BCUT2D eigenvalue weighted by molar-refractivity contribution is 7.91. The summed E-state index contributed by atoms with van der Waals surface area (Å²) in [7, 11) is -3.11. The van der Waals surface area contributed by atoms with Crippen molar-refractivity contribution in [3.63, 3.8) is 0 Å². The summed E-state index contributed by atoms with van der Waals surface area (Å²) >= 11 is 0. The van der Waals surface area contributed by atoms with Crippen molar-refractivity contribution in [3.8, 4) is 11.1 Å². The van der Waals surface area contributed by atoms with Gasteiger partial charge in [0.1, 0.15) is 11.9 Å². The first-order valence-corrected chi connectivity index (χ1v) is 11.1. The van der Waals surface area contributed by atoms with Crippen molar-refractivity contribution in [3.05, 3.63) is 59.4 Å². The van der Waals surface area contributed by atoms with Crippen molar-refractivity contribution < 1.29 is 22.4 Å². The van der Waals surface area contributed by atoms with Crippen molar-refractivity contribution in [2.24, 2.45) is 0 Å². The average Bonchev–Trinajstić information content (AvgIpc) is 2.67. The molecule has 1 saturated heterocycles. The van der Waals surface area contributed by atoms with Crippen molar-refractivity contribution >= 4 is 21.7 Å². The topological polar surface area (TPSA) is 83.6 Å². The summed E-state index contributed by atoms with van der Waals surface area (Å²) in [6, 6.07) is 11.1. The minimum atomic E-state index is -3.11. The quantitative estimate of drug-likeness (QED) is 0.825. The molecule has 8 heteroatoms. The third-order valence-electron chi connectivity index (χ3n) is 4.97. The van der Waals surface area contributed by atoms with E-state index in [9.17, 15) is 22.4 Å². The van der Waals surface area contributed by atoms with Crippen LogP contribution in [0.25, 0.3) is 11.1 Å². The van der Waals surface area contributed by atoms with Gasteiger partial charge in [-0.3, -0.25) is 9.59 Å². The second kappa shape index (κ2) is 8.32. The van der Waals surface area contributed by atoms with Gasteiger partial charge in [-0.15, -0.1) is 0 Å². The van der Waals surface area contributed by atoms with E-state index < -0.39 is 27.6 Å². The Labute approximate surface area is 169 Å². The van der Waals surface area contributed by atoms with Gasteiger partial charge in [0, 0.05) is 13.1 Å². The number of halogens is 1. The molecule has 1 heterocycles. The van der Waals surface area contributed by atoms with Crippen LogP contribution < -0.4 is 5.32 Å². The Kier molecular flexibility index (Phi) is 6.02. The van der Waals surface area contributed by atoms with Gasteiger partial charge in [0.15, 0.2) is 9.84 Å². The highest BCUT2D eigenvalue weighted by atomic mass is 32.2. The molecular formula is C21H23FN2O4S. The zero-order chi connectivity index (χ0) is 21.2. The second-order valence-corrected chi connectivity index (χ2v) is 9.54. The number of nitrogens with one attached hydrogen (secondary N) is 1. The number of benzene rings is 2. The maximum Gasteiger partial charge on any atom is 0.254 e. The minimum absolute atomic E-state index is 0.0888. The molecule has 154 valence electrons. The zero-order valence-electron chi connectivity index (χ0n) is 16.3. The molecule has 3 rings (SSSR count). The van der Waals surface area contributed by atoms with E-state index in [2.05, 4.69) is 5.32 Å². The molecule has 1 fully saturated rings. The number of aryl methyl sites for hydroxylation is 1. The molecule has 1 atom stereocenters. The lowest BCUT2D eigenvalue weighted by atomic mass is 10.0. The van der Waals surface area contributed by atoms with E-state index in [1.54, 1.807) is 6.07 Å². The molecule has 0 bridgehead atoms. The summed E-state index contributed by atoms with van der Waals surface area (Å²) < 4.78 is 37.5. The van der Waals surface area contributed by atoms with Crippen LogP contribution >= 0.6 is 0 Å². The minimum Gasteiger partial charge on any atom is -0.340 e. The van der Waals surface area contributed by atoms with Crippen molar-refractivity contribution in [2.75, 3.05) is 24.6 Å². The van der Waals surface area contributed by atoms with E-state index in [4.69, 9.17) is 0 Å². The molecule has 0 aromatic heterocycles. The smallest absolute Gasteiger partial charge is 0.254 e. The Balaban J connectivity index is 1.67. The van der Waals surface area contributed by atoms with Crippen molar-refractivity contribution in [1.29, 1.82) is 0 Å². The number of hydrogen-bond donors (Lipinski definition) is 1. The van der Waals surface area contributed by atoms with Crippen LogP contribution in [0.1, 0.15) is 22.8 Å². The van der Waals surface area contributed by atoms with E-state index in [1.807, 2.05) is 31.2 Å². The Morgan fingerprint density at radius 3 is 2.21 bits per heavy atom. The average molecular weight is 418 g/mol. The molecule has 2 amide bonds. The van der Waals surface area contributed by atoms with Gasteiger partial charge in [-0.2, -0.15) is 0 Å². The third kappa shape index (κ3) is 5.00. The monoisotopic (exact) mass is 418 g/mol. The van der Waals surface area contributed by atoms with Crippen LogP contribution in [0.3, 0.4) is 0 Å². The van der Waals surface area contributed by atoms with Gasteiger partial charge >= 0.3 is 0 Å². The fourth-order valence-electron chi connectivity index (χ4n) is 3.17. The number of hydrogen-bond acceptors (Lipinski definition) is 4. The second-order valence-electron chi connectivity index (χ2n) is 7.23. The molecule has 6 nitrogen and oxygen atoms in total. The van der Waals surface area contributed by atoms with Crippen molar-refractivity contribution in [2.45, 2.75) is 19.9 Å². The lowest BCUT2D eigenvalue weighted by Gasteiger charge is -2.29. The number of rotatable bonds is 4. The molecule has 2 aromatic carbocycles. The van der Waals surface area contributed by atoms with Gasteiger partial charge in [0.2, 0.25) is 5.91 Å². The molecular weight excluding hydrogens is 395 g/mol. The van der Waals surface area contributed by atoms with Gasteiger partial charge < -0.3 is 10.2 Å². The number of sulfone groups is 1. The fourth-order valence-corrected chi connectivity index (χ4v) is 4.37. The molecule has 2 aromatic rings. The zero-order valence-corrected chi connectivity index (χ0v) is 17.1. The van der Waals surface area contributed by atoms with Crippen LogP contribution in [0.15, 0.2) is 42.5 Å². The Hall–Kier alpha value is -2.74. The first kappa shape index (κ1) is 21.0. The van der Waals surface area contributed by atoms with E-state index in [-0.39, 0.29) is 36.1 Å². The number of amides is 2. The number of carbonyl (C=O) groups excluding carboxylic acids is 2. The normalized spacial score (nSPS) is 16.9. The molecule has 1 N–H and O–H groups in total. The largest absolute Gasteiger partial charge is 0.340 e. The van der Waals surface area contributed by atoms with Crippen LogP contribution in [0.4, 0.5) is 4.39 Å². The molecule has 1 unspecified atom stereocenters. The van der Waals surface area contributed by atoms with Gasteiger partial charge in [0.05, 0.1) is 17.1 Å². The van der Waals surface area contributed by atoms with Crippen molar-refractivity contribution in [1.82, 2.24) is 10.2 Å². The first-order chi connectivity index (χ1) is 13.7. The van der Waals surface area contributed by atoms with Gasteiger partial charge in [-0.1, -0.05) is 35.9 Å². The van der Waals surface area contributed by atoms with Crippen LogP contribution in [0, 0.1) is 12.7 Å². The summed E-state index contributed by atoms with van der Waals surface area (Å²) in [6.45, 7) is 3.66. The third-order valence-corrected chi connectivity index (χ3v) is 6.58. The maximum atomic E-state index is 14.5. The van der Waals surface area contributed by atoms with Crippen LogP contribution in [0.5, 0.6) is 0 Å². The molecule has 0 aliphatic carbocycles. The SMILES string of the molecule is Cc1ccc(-c2ccc(C(=O)NC(C)C(=O)N3CCS(=O)(=O)CC3)c(F)c2)cc1. The van der Waals surface area contributed by atoms with Gasteiger partial charge in [-0.05, 0) is 37.1 Å². The summed E-state index contributed by atoms with van der Waals surface area (Å²) in [4.78, 5) is 26.3. The summed E-state index contributed by atoms with van der Waals surface area (Å²) in [6.07, 6.45) is 0. The van der Waals surface area contributed by atoms with E-state index in [0.29, 0.717) is 5.56 Å². The lowest BCUT2D eigenvalue weighted by Crippen LogP contribution is -2.51. The maximum absolute atomic E-state index is 14.5. The molecule has 0 radical (unpaired) electrons. The lowest BCUT2D eigenvalue weighted by molar-refractivity contribution is -0.132. The summed E-state index contributed by atoms with van der Waals surface area (Å²) in [5.74, 6) is -1.93. The molecule has 29 heavy (non-hydrogen) atoms. The first-order valence-electron chi connectivity index (χ1n) is 9.33. The standard InChI is InChI=1S/C21H23FN2O4S/c1-14-3-5-16(6-4-14)17-7-8-18(19(22)13-17)20(25)23-15(2)21(26)24-9-11-29(27,28)12-10-24/h3-8,13,15H,9-12H2,1-2H3,(H,23,25). The predicted molar refractivity (Wildman–Crippen MR) is 109 cm³/mol. The molecule has 0 spiro atoms. The highest BCUT2D eigenvalue weighted by Gasteiger charge is 2.29. The highest BCUT2D eigenvalue weighted by Crippen LogP contribution is 2.22.